The Morgan fingerprint density at radius 3 is 2.46 bits per heavy atom. The van der Waals surface area contributed by atoms with Crippen molar-refractivity contribution in [1.82, 2.24) is 9.88 Å². The van der Waals surface area contributed by atoms with Gasteiger partial charge in [0.25, 0.3) is 11.5 Å². The van der Waals surface area contributed by atoms with Crippen LogP contribution >= 0.6 is 11.6 Å². The Kier molecular flexibility index (Phi) is 8.66. The molecule has 3 atom stereocenters. The lowest BCUT2D eigenvalue weighted by atomic mass is 9.87. The van der Waals surface area contributed by atoms with Gasteiger partial charge in [0.15, 0.2) is 0 Å². The Hall–Kier alpha value is -3.76. The number of nitrogens with one attached hydrogen (secondary N) is 1. The number of carbonyl (C=O) groups is 2. The molecule has 2 unspecified atom stereocenters. The van der Waals surface area contributed by atoms with Gasteiger partial charge in [-0.2, -0.15) is 0 Å². The molecule has 0 saturated carbocycles. The van der Waals surface area contributed by atoms with Gasteiger partial charge in [0.2, 0.25) is 5.91 Å². The number of pyridine rings is 1. The molecule has 0 radical (unpaired) electrons. The van der Waals surface area contributed by atoms with E-state index in [1.54, 1.807) is 31.3 Å². The van der Waals surface area contributed by atoms with Crippen molar-refractivity contribution in [2.45, 2.75) is 19.4 Å². The number of nitrogens with zero attached hydrogens (tertiary/aromatic N) is 2. The van der Waals surface area contributed by atoms with Gasteiger partial charge in [0.1, 0.15) is 23.1 Å². The molecule has 4 rings (SSSR count). The topological polar surface area (TPSA) is 101 Å². The second-order valence-corrected chi connectivity index (χ2v) is 9.96. The van der Waals surface area contributed by atoms with E-state index in [1.165, 1.54) is 34.8 Å². The fraction of sp³-hybridized carbons (Fsp3) is 0.321. The van der Waals surface area contributed by atoms with Crippen LogP contribution in [0.2, 0.25) is 5.02 Å². The minimum Gasteiger partial charge on any atom is -0.497 e. The van der Waals surface area contributed by atoms with Crippen molar-refractivity contribution in [3.63, 3.8) is 0 Å². The highest BCUT2D eigenvalue weighted by Crippen LogP contribution is 2.39. The van der Waals surface area contributed by atoms with Crippen molar-refractivity contribution < 1.29 is 28.2 Å². The summed E-state index contributed by atoms with van der Waals surface area (Å²) in [5.41, 5.74) is -0.475. The highest BCUT2D eigenvalue weighted by molar-refractivity contribution is 6.30. The fourth-order valence-corrected chi connectivity index (χ4v) is 4.86. The van der Waals surface area contributed by atoms with E-state index in [0.29, 0.717) is 10.6 Å². The maximum atomic E-state index is 15.2. The van der Waals surface area contributed by atoms with Crippen LogP contribution in [-0.2, 0) is 11.3 Å². The molecule has 1 fully saturated rings. The summed E-state index contributed by atoms with van der Waals surface area (Å²) in [6, 6.07) is 11.2. The number of methoxy groups -OCH3 is 1. The molecule has 1 aliphatic heterocycles. The standard InChI is InChI=1S/C28H28ClF2N3O5/c1-16(15-35)13-33-9-3-4-24(28(33)38)34-14-21(25-22(30)10-19(39-2)11-23(25)31)20(27(34)37)12-32-26(36)17-5-7-18(29)8-6-17/h3-11,16,20-21,35H,12-15H2,1-2H3,(H,32,36)/t16?,20?,21-/m1/s1. The van der Waals surface area contributed by atoms with Crippen LogP contribution in [0.1, 0.15) is 28.8 Å². The molecule has 8 nitrogen and oxygen atoms in total. The van der Waals surface area contributed by atoms with Crippen molar-refractivity contribution in [2.75, 3.05) is 31.7 Å². The summed E-state index contributed by atoms with van der Waals surface area (Å²) in [6.07, 6.45) is 1.54. The Labute approximate surface area is 228 Å². The van der Waals surface area contributed by atoms with E-state index >= 15 is 8.78 Å². The van der Waals surface area contributed by atoms with Crippen LogP contribution in [0.4, 0.5) is 14.5 Å². The maximum absolute atomic E-state index is 15.2. The number of rotatable bonds is 9. The summed E-state index contributed by atoms with van der Waals surface area (Å²) in [4.78, 5) is 40.9. The maximum Gasteiger partial charge on any atom is 0.274 e. The van der Waals surface area contributed by atoms with Gasteiger partial charge in [0, 0.05) is 66.6 Å². The van der Waals surface area contributed by atoms with Gasteiger partial charge in [-0.15, -0.1) is 0 Å². The summed E-state index contributed by atoms with van der Waals surface area (Å²) in [5.74, 6) is -5.17. The monoisotopic (exact) mass is 559 g/mol. The van der Waals surface area contributed by atoms with Gasteiger partial charge < -0.3 is 24.6 Å². The predicted molar refractivity (Wildman–Crippen MR) is 142 cm³/mol. The van der Waals surface area contributed by atoms with Crippen molar-refractivity contribution >= 4 is 29.1 Å². The molecule has 206 valence electrons. The van der Waals surface area contributed by atoms with Gasteiger partial charge in [0.05, 0.1) is 13.0 Å². The van der Waals surface area contributed by atoms with Crippen LogP contribution in [0.5, 0.6) is 5.75 Å². The Morgan fingerprint density at radius 1 is 1.18 bits per heavy atom. The third-order valence-corrected chi connectivity index (χ3v) is 7.06. The van der Waals surface area contributed by atoms with Crippen LogP contribution < -0.4 is 20.5 Å². The van der Waals surface area contributed by atoms with Gasteiger partial charge in [-0.1, -0.05) is 18.5 Å². The highest BCUT2D eigenvalue weighted by Gasteiger charge is 2.45. The van der Waals surface area contributed by atoms with Crippen molar-refractivity contribution in [1.29, 1.82) is 0 Å². The molecule has 39 heavy (non-hydrogen) atoms. The SMILES string of the molecule is COc1cc(F)c([C@@H]2CN(c3cccn(CC(C)CO)c3=O)C(=O)C2CNC(=O)c2ccc(Cl)cc2)c(F)c1. The molecule has 2 aromatic carbocycles. The zero-order valence-electron chi connectivity index (χ0n) is 21.4. The van der Waals surface area contributed by atoms with Crippen molar-refractivity contribution in [3.8, 4) is 5.75 Å². The first-order valence-electron chi connectivity index (χ1n) is 12.3. The van der Waals surface area contributed by atoms with Crippen LogP contribution in [0.25, 0.3) is 0 Å². The first-order chi connectivity index (χ1) is 18.6. The molecule has 1 aromatic heterocycles. The Bertz CT molecular complexity index is 1410. The first-order valence-corrected chi connectivity index (χ1v) is 12.7. The first kappa shape index (κ1) is 28.3. The molecule has 0 spiro atoms. The molecular weight excluding hydrogens is 532 g/mol. The Morgan fingerprint density at radius 2 is 1.85 bits per heavy atom. The van der Waals surface area contributed by atoms with Gasteiger partial charge in [-0.05, 0) is 42.3 Å². The second-order valence-electron chi connectivity index (χ2n) is 9.52. The zero-order chi connectivity index (χ0) is 28.3. The Balaban J connectivity index is 1.69. The third kappa shape index (κ3) is 5.97. The predicted octanol–water partition coefficient (Wildman–Crippen LogP) is 3.59. The van der Waals surface area contributed by atoms with E-state index in [-0.39, 0.29) is 49.2 Å². The van der Waals surface area contributed by atoms with E-state index in [4.69, 9.17) is 16.3 Å². The van der Waals surface area contributed by atoms with E-state index in [0.717, 1.165) is 12.1 Å². The molecule has 1 aliphatic rings. The normalized spacial score (nSPS) is 17.8. The summed E-state index contributed by atoms with van der Waals surface area (Å²) >= 11 is 5.89. The molecule has 2 amide bonds. The summed E-state index contributed by atoms with van der Waals surface area (Å²) in [7, 11) is 1.28. The van der Waals surface area contributed by atoms with Gasteiger partial charge in [-0.25, -0.2) is 8.78 Å². The van der Waals surface area contributed by atoms with Crippen LogP contribution in [-0.4, -0.2) is 48.3 Å². The molecule has 0 aliphatic carbocycles. The summed E-state index contributed by atoms with van der Waals surface area (Å²) < 4.78 is 36.7. The minimum absolute atomic E-state index is 0.0218. The number of amides is 2. The van der Waals surface area contributed by atoms with E-state index < -0.39 is 40.8 Å². The van der Waals surface area contributed by atoms with Gasteiger partial charge >= 0.3 is 0 Å². The number of anilines is 1. The highest BCUT2D eigenvalue weighted by atomic mass is 35.5. The molecule has 2 heterocycles. The number of aliphatic hydroxyl groups excluding tert-OH is 1. The van der Waals surface area contributed by atoms with Crippen LogP contribution in [0.15, 0.2) is 59.5 Å². The summed E-state index contributed by atoms with van der Waals surface area (Å²) in [5, 5.41) is 12.5. The van der Waals surface area contributed by atoms with Crippen LogP contribution in [0.3, 0.4) is 0 Å². The molecule has 3 aromatic rings. The number of hydrogen-bond acceptors (Lipinski definition) is 5. The van der Waals surface area contributed by atoms with Crippen molar-refractivity contribution in [2.24, 2.45) is 11.8 Å². The number of aliphatic hydroxyl groups is 1. The minimum atomic E-state index is -1.07. The molecule has 1 saturated heterocycles. The largest absolute Gasteiger partial charge is 0.497 e. The van der Waals surface area contributed by atoms with E-state index in [1.807, 2.05) is 0 Å². The number of carbonyl (C=O) groups excluding carboxylic acids is 2. The average molecular weight is 560 g/mol. The fourth-order valence-electron chi connectivity index (χ4n) is 4.73. The van der Waals surface area contributed by atoms with E-state index in [9.17, 15) is 19.5 Å². The summed E-state index contributed by atoms with van der Waals surface area (Å²) in [6.45, 7) is 1.44. The van der Waals surface area contributed by atoms with Gasteiger partial charge in [-0.3, -0.25) is 14.4 Å². The second kappa shape index (κ2) is 12.0. The smallest absolute Gasteiger partial charge is 0.274 e. The quantitative estimate of drug-likeness (QED) is 0.417. The van der Waals surface area contributed by atoms with Crippen molar-refractivity contribution in [3.05, 3.63) is 92.9 Å². The molecule has 11 heteroatoms. The lowest BCUT2D eigenvalue weighted by Crippen LogP contribution is -2.38. The number of ether oxygens (including phenoxy) is 1. The number of benzene rings is 2. The van der Waals surface area contributed by atoms with Crippen LogP contribution in [0, 0.1) is 23.5 Å². The molecule has 2 N–H and O–H groups in total. The number of hydrogen-bond donors (Lipinski definition) is 2. The third-order valence-electron chi connectivity index (χ3n) is 6.81. The number of aromatic nitrogens is 1. The van der Waals surface area contributed by atoms with E-state index in [2.05, 4.69) is 5.32 Å². The lowest BCUT2D eigenvalue weighted by Gasteiger charge is -2.19. The number of halogens is 3. The average Bonchev–Trinajstić information content (AvgIpc) is 3.23. The lowest BCUT2D eigenvalue weighted by molar-refractivity contribution is -0.120. The molecular formula is C28H28ClF2N3O5. The molecule has 0 bridgehead atoms. The zero-order valence-corrected chi connectivity index (χ0v) is 22.1.